The zero-order chi connectivity index (χ0) is 50.1. The molecular formula is C47H41Cl2F3N8O10. The lowest BCUT2D eigenvalue weighted by Gasteiger charge is -2.47. The number of carbonyl (C=O) groups is 2. The van der Waals surface area contributed by atoms with Crippen LogP contribution in [0.1, 0.15) is 34.8 Å². The normalized spacial score (nSPS) is 19.8. The van der Waals surface area contributed by atoms with Crippen molar-refractivity contribution in [3.8, 4) is 28.7 Å². The fourth-order valence-electron chi connectivity index (χ4n) is 9.84. The van der Waals surface area contributed by atoms with Gasteiger partial charge < -0.3 is 28.6 Å². The molecule has 1 saturated carbocycles. The molecule has 4 atom stereocenters. The van der Waals surface area contributed by atoms with Crippen LogP contribution in [0, 0.1) is 11.8 Å². The van der Waals surface area contributed by atoms with Crippen LogP contribution in [0.15, 0.2) is 92.9 Å². The second-order valence-corrected chi connectivity index (χ2v) is 17.5. The first-order valence-electron chi connectivity index (χ1n) is 21.4. The van der Waals surface area contributed by atoms with Crippen LogP contribution >= 0.6 is 23.2 Å². The number of hydrazine groups is 1. The highest BCUT2D eigenvalue weighted by Gasteiger charge is 2.68. The molecule has 364 valence electrons. The van der Waals surface area contributed by atoms with Gasteiger partial charge in [0, 0.05) is 49.3 Å². The number of imide groups is 1. The molecule has 2 fully saturated rings. The number of phenolic OH excluding ortho intramolecular Hbond substituents is 1. The second kappa shape index (κ2) is 17.8. The van der Waals surface area contributed by atoms with E-state index in [1.54, 1.807) is 49.5 Å². The molecule has 0 unspecified atom stereocenters. The van der Waals surface area contributed by atoms with Gasteiger partial charge in [0.05, 0.1) is 74.0 Å². The van der Waals surface area contributed by atoms with Crippen molar-refractivity contribution >= 4 is 57.9 Å². The highest BCUT2D eigenvalue weighted by molar-refractivity contribution is 6.33. The number of fused-ring (bicyclic) bond motifs is 5. The van der Waals surface area contributed by atoms with Crippen LogP contribution in [-0.4, -0.2) is 78.8 Å². The van der Waals surface area contributed by atoms with Gasteiger partial charge in [-0.2, -0.15) is 18.2 Å². The summed E-state index contributed by atoms with van der Waals surface area (Å²) in [5, 5.41) is 11.1. The molecule has 2 amide bonds. The van der Waals surface area contributed by atoms with E-state index in [-0.39, 0.29) is 48.9 Å². The molecule has 5 heterocycles. The molecule has 2 aliphatic heterocycles. The molecule has 0 spiro atoms. The van der Waals surface area contributed by atoms with Gasteiger partial charge in [0.25, 0.3) is 17.4 Å². The number of anilines is 1. The Kier molecular flexibility index (Phi) is 12.1. The Labute approximate surface area is 404 Å². The third kappa shape index (κ3) is 7.54. The number of ether oxygens (including phenoxy) is 4. The third-order valence-corrected chi connectivity index (χ3v) is 13.7. The smallest absolute Gasteiger partial charge is 0.417 e. The third-order valence-electron chi connectivity index (χ3n) is 13.2. The largest absolute Gasteiger partial charge is 0.502 e. The van der Waals surface area contributed by atoms with Crippen LogP contribution in [0.5, 0.6) is 28.7 Å². The van der Waals surface area contributed by atoms with E-state index in [4.69, 9.17) is 42.1 Å². The lowest BCUT2D eigenvalue weighted by molar-refractivity contribution is -0.139. The Morgan fingerprint density at radius 3 is 2.19 bits per heavy atom. The molecule has 1 aliphatic carbocycles. The summed E-state index contributed by atoms with van der Waals surface area (Å²) in [4.78, 5) is 81.5. The summed E-state index contributed by atoms with van der Waals surface area (Å²) < 4.78 is 67.3. The SMILES string of the molecule is COc1cc2nc(CCn3c(=O)n4n(c3=O)[C@@H]3C[C@H]5C(=O)N(Nc6ncc(C(F)(F)F)cc6Cl)C(=O)[C@@]5(c5ccc(Cl)cc5)[C@@H](C=Cc5cc(OC)c(O)c(OC)c5)C3=CC4)c(=O)n(C)c2cc1OC. The van der Waals surface area contributed by atoms with Crippen molar-refractivity contribution < 1.29 is 46.8 Å². The highest BCUT2D eigenvalue weighted by Crippen LogP contribution is 2.59. The van der Waals surface area contributed by atoms with Crippen LogP contribution in [0.2, 0.25) is 10.0 Å². The summed E-state index contributed by atoms with van der Waals surface area (Å²) >= 11 is 12.7. The standard InChI is InChI=1S/C47H41Cl2F3N8O10/c1-56-34-21-36(68-3)35(67-2)20-32(34)54-31(42(56)63)13-14-57-44(65)58-15-12-27-28(11-6-23-16-37(69-4)39(61)38(17-23)70-5)46(24-7-9-26(48)10-8-24)29(19-33(27)60(58)45(57)66)41(62)59(43(46)64)55-40-30(49)18-25(22-53-40)47(50,51)52/h6-12,16-18,20-22,28-29,33,61H,13-15,19H2,1-5H3,(H,53,55)/t28-,29-,33+,46-/m0/s1. The molecule has 3 aromatic carbocycles. The minimum Gasteiger partial charge on any atom is -0.502 e. The van der Waals surface area contributed by atoms with Gasteiger partial charge in [0.15, 0.2) is 28.8 Å². The number of phenols is 1. The van der Waals surface area contributed by atoms with E-state index in [2.05, 4.69) is 15.4 Å². The number of nitrogens with one attached hydrogen (secondary N) is 1. The topological polar surface area (TPSA) is 203 Å². The quantitative estimate of drug-likeness (QED) is 0.108. The number of methoxy groups -OCH3 is 4. The maximum absolute atomic E-state index is 15.5. The van der Waals surface area contributed by atoms with Crippen LogP contribution in [0.4, 0.5) is 19.0 Å². The Hall–Kier alpha value is -7.52. The predicted octanol–water partition coefficient (Wildman–Crippen LogP) is 5.93. The number of nitrogens with zero attached hydrogens (tertiary/aromatic N) is 7. The summed E-state index contributed by atoms with van der Waals surface area (Å²) in [6.07, 6.45) is 0.314. The maximum atomic E-state index is 15.5. The fraction of sp³-hybridized carbons (Fsp3) is 0.298. The molecule has 23 heteroatoms. The number of aromatic nitrogens is 6. The molecule has 6 aromatic rings. The summed E-state index contributed by atoms with van der Waals surface area (Å²) in [6.45, 7) is -0.429. The minimum atomic E-state index is -4.80. The number of rotatable bonds is 12. The molecule has 18 nitrogen and oxygen atoms in total. The number of hydrogen-bond donors (Lipinski definition) is 2. The van der Waals surface area contributed by atoms with E-state index in [0.29, 0.717) is 61.5 Å². The van der Waals surface area contributed by atoms with Gasteiger partial charge in [-0.05, 0) is 53.5 Å². The van der Waals surface area contributed by atoms with Crippen LogP contribution in [0.3, 0.4) is 0 Å². The fourth-order valence-corrected chi connectivity index (χ4v) is 10.2. The average molecular weight is 1010 g/mol. The van der Waals surface area contributed by atoms with Crippen LogP contribution in [0.25, 0.3) is 17.1 Å². The number of amides is 2. The van der Waals surface area contributed by atoms with E-state index in [9.17, 15) is 32.7 Å². The number of carbonyl (C=O) groups excluding carboxylic acids is 2. The maximum Gasteiger partial charge on any atom is 0.417 e. The molecule has 70 heavy (non-hydrogen) atoms. The molecule has 3 aromatic heterocycles. The first kappa shape index (κ1) is 47.5. The van der Waals surface area contributed by atoms with Crippen molar-refractivity contribution in [1.29, 1.82) is 0 Å². The number of halogens is 5. The molecular weight excluding hydrogens is 964 g/mol. The lowest BCUT2D eigenvalue weighted by Crippen LogP contribution is -2.54. The van der Waals surface area contributed by atoms with Gasteiger partial charge >= 0.3 is 17.6 Å². The van der Waals surface area contributed by atoms with Crippen molar-refractivity contribution in [1.82, 2.24) is 33.5 Å². The van der Waals surface area contributed by atoms with Gasteiger partial charge in [-0.25, -0.2) is 33.5 Å². The number of alkyl halides is 3. The van der Waals surface area contributed by atoms with Gasteiger partial charge in [0.1, 0.15) is 5.69 Å². The Bertz CT molecular complexity index is 3380. The monoisotopic (exact) mass is 1000 g/mol. The number of hydrogen-bond acceptors (Lipinski definition) is 13. The number of pyridine rings is 1. The van der Waals surface area contributed by atoms with Crippen LogP contribution < -0.4 is 41.3 Å². The van der Waals surface area contributed by atoms with Crippen molar-refractivity contribution in [3.05, 3.63) is 142 Å². The predicted molar refractivity (Wildman–Crippen MR) is 249 cm³/mol. The summed E-state index contributed by atoms with van der Waals surface area (Å²) in [5.74, 6) is -3.97. The Balaban J connectivity index is 1.18. The molecule has 0 bridgehead atoms. The number of allylic oxidation sites excluding steroid dienone is 3. The van der Waals surface area contributed by atoms with E-state index >= 15 is 9.59 Å². The molecule has 2 N–H and O–H groups in total. The molecule has 3 aliphatic rings. The van der Waals surface area contributed by atoms with Gasteiger partial charge in [-0.3, -0.25) is 19.8 Å². The number of aryl methyl sites for hydroxylation is 2. The molecule has 9 rings (SSSR count). The average Bonchev–Trinajstić information content (AvgIpc) is 3.71. The van der Waals surface area contributed by atoms with Gasteiger partial charge in [0.2, 0.25) is 5.75 Å². The first-order chi connectivity index (χ1) is 33.4. The zero-order valence-electron chi connectivity index (χ0n) is 37.7. The number of aromatic hydroxyl groups is 1. The zero-order valence-corrected chi connectivity index (χ0v) is 39.2. The molecule has 1 saturated heterocycles. The first-order valence-corrected chi connectivity index (χ1v) is 22.1. The van der Waals surface area contributed by atoms with Crippen molar-refractivity contribution in [2.45, 2.75) is 43.6 Å². The van der Waals surface area contributed by atoms with E-state index in [1.807, 2.05) is 0 Å². The Morgan fingerprint density at radius 2 is 1.56 bits per heavy atom. The lowest BCUT2D eigenvalue weighted by atomic mass is 9.54. The highest BCUT2D eigenvalue weighted by atomic mass is 35.5. The molecule has 0 radical (unpaired) electrons. The summed E-state index contributed by atoms with van der Waals surface area (Å²) in [7, 11) is 7.17. The van der Waals surface area contributed by atoms with E-state index < -0.39 is 74.6 Å². The van der Waals surface area contributed by atoms with Crippen LogP contribution in [-0.2, 0) is 47.7 Å². The van der Waals surface area contributed by atoms with Crippen molar-refractivity contribution in [2.24, 2.45) is 18.9 Å². The van der Waals surface area contributed by atoms with E-state index in [0.717, 1.165) is 4.57 Å². The number of benzene rings is 3. The Morgan fingerprint density at radius 1 is 0.900 bits per heavy atom. The second-order valence-electron chi connectivity index (χ2n) is 16.6. The van der Waals surface area contributed by atoms with Crippen molar-refractivity contribution in [2.75, 3.05) is 33.9 Å². The van der Waals surface area contributed by atoms with Gasteiger partial charge in [-0.15, -0.1) is 0 Å². The minimum absolute atomic E-state index is 0.0553. The van der Waals surface area contributed by atoms with Gasteiger partial charge in [-0.1, -0.05) is 53.6 Å². The summed E-state index contributed by atoms with van der Waals surface area (Å²) in [5.41, 5.74) is -0.272. The summed E-state index contributed by atoms with van der Waals surface area (Å²) in [6, 6.07) is 12.0. The van der Waals surface area contributed by atoms with Crippen molar-refractivity contribution in [3.63, 3.8) is 0 Å². The van der Waals surface area contributed by atoms with E-state index in [1.165, 1.54) is 66.6 Å².